The van der Waals surface area contributed by atoms with Gasteiger partial charge < -0.3 is 4.74 Å². The fourth-order valence-corrected chi connectivity index (χ4v) is 5.35. The number of hydrogen-bond donors (Lipinski definition) is 0. The summed E-state index contributed by atoms with van der Waals surface area (Å²) in [5, 5.41) is 6.15. The third-order valence-electron chi connectivity index (χ3n) is 7.48. The molecule has 7 nitrogen and oxygen atoms in total. The molecule has 0 N–H and O–H groups in total. The monoisotopic (exact) mass is 527 g/mol. The number of ether oxygens (including phenoxy) is 1. The maximum atomic E-state index is 13.6. The van der Waals surface area contributed by atoms with Crippen molar-refractivity contribution in [3.8, 4) is 5.75 Å². The van der Waals surface area contributed by atoms with Gasteiger partial charge in [0.1, 0.15) is 23.7 Å². The van der Waals surface area contributed by atoms with Gasteiger partial charge in [-0.2, -0.15) is 5.10 Å². The van der Waals surface area contributed by atoms with Gasteiger partial charge in [-0.1, -0.05) is 48.5 Å². The number of nitrogens with zero attached hydrogens (tertiary/aromatic N) is 5. The van der Waals surface area contributed by atoms with Crippen LogP contribution in [0, 0.1) is 6.92 Å². The molecule has 1 saturated carbocycles. The predicted octanol–water partition coefficient (Wildman–Crippen LogP) is 6.32. The van der Waals surface area contributed by atoms with Crippen molar-refractivity contribution in [3.05, 3.63) is 125 Å². The van der Waals surface area contributed by atoms with Gasteiger partial charge in [-0.3, -0.25) is 18.9 Å². The van der Waals surface area contributed by atoms with Crippen molar-refractivity contribution >= 4 is 22.3 Å². The van der Waals surface area contributed by atoms with Crippen LogP contribution in [0.2, 0.25) is 0 Å². The first-order chi connectivity index (χ1) is 19.6. The van der Waals surface area contributed by atoms with Gasteiger partial charge in [0, 0.05) is 35.7 Å². The highest BCUT2D eigenvalue weighted by atomic mass is 16.5. The van der Waals surface area contributed by atoms with Crippen LogP contribution in [0.3, 0.4) is 0 Å². The number of benzene rings is 2. The lowest BCUT2D eigenvalue weighted by atomic mass is 10.00. The molecule has 7 heteroatoms. The minimum Gasteiger partial charge on any atom is -0.489 e. The van der Waals surface area contributed by atoms with E-state index in [0.29, 0.717) is 30.4 Å². The molecule has 0 amide bonds. The van der Waals surface area contributed by atoms with Crippen molar-refractivity contribution in [2.75, 3.05) is 0 Å². The van der Waals surface area contributed by atoms with Crippen LogP contribution in [0.25, 0.3) is 16.6 Å². The molecule has 1 aliphatic carbocycles. The minimum atomic E-state index is 0.0211. The highest BCUT2D eigenvalue weighted by molar-refractivity contribution is 5.99. The van der Waals surface area contributed by atoms with E-state index in [4.69, 9.17) is 9.84 Å². The fraction of sp³-hybridized carbons (Fsp3) is 0.212. The van der Waals surface area contributed by atoms with E-state index in [-0.39, 0.29) is 12.2 Å². The van der Waals surface area contributed by atoms with E-state index in [1.165, 1.54) is 0 Å². The molecule has 0 radical (unpaired) electrons. The molecule has 6 aromatic rings. The molecule has 198 valence electrons. The van der Waals surface area contributed by atoms with Crippen LogP contribution < -0.4 is 4.74 Å². The second-order valence-corrected chi connectivity index (χ2v) is 10.5. The normalized spacial score (nSPS) is 13.2. The Hall–Kier alpha value is -4.78. The Labute approximate surface area is 232 Å². The quantitative estimate of drug-likeness (QED) is 0.206. The molecule has 4 aromatic heterocycles. The molecule has 1 aliphatic rings. The summed E-state index contributed by atoms with van der Waals surface area (Å²) in [6.07, 6.45) is 6.08. The van der Waals surface area contributed by atoms with Crippen molar-refractivity contribution in [3.63, 3.8) is 0 Å². The molecular formula is C33H29N5O2. The van der Waals surface area contributed by atoms with E-state index >= 15 is 0 Å². The first-order valence-electron chi connectivity index (χ1n) is 13.7. The topological polar surface area (TPSA) is 74.3 Å². The van der Waals surface area contributed by atoms with Gasteiger partial charge >= 0.3 is 0 Å². The number of Topliss-reactive ketones (excluding diaryl/α,β-unsaturated/α-hetero) is 1. The smallest absolute Gasteiger partial charge is 0.185 e. The van der Waals surface area contributed by atoms with E-state index < -0.39 is 0 Å². The van der Waals surface area contributed by atoms with Crippen molar-refractivity contribution in [1.29, 1.82) is 0 Å². The number of rotatable bonds is 9. The molecule has 0 aliphatic heterocycles. The van der Waals surface area contributed by atoms with Gasteiger partial charge in [0.25, 0.3) is 0 Å². The Kier molecular flexibility index (Phi) is 6.11. The van der Waals surface area contributed by atoms with Crippen molar-refractivity contribution in [2.24, 2.45) is 0 Å². The van der Waals surface area contributed by atoms with E-state index in [1.54, 1.807) is 6.20 Å². The number of imidazole rings is 1. The molecule has 1 fully saturated rings. The summed E-state index contributed by atoms with van der Waals surface area (Å²) in [4.78, 5) is 22.8. The van der Waals surface area contributed by atoms with Crippen LogP contribution in [0.1, 0.15) is 57.5 Å². The standard InChI is InChI=1S/C33H29N5O2/c1-22-7-5-11-26(35-22)20-38-28-12-6-10-25(32(28)33(36-38)24-13-14-24)17-30(39)29-19-34-31-18-27(15-16-37(29)31)40-21-23-8-3-2-4-9-23/h2-12,15-16,18-19,24H,13-14,17,20-21H2,1H3. The zero-order valence-corrected chi connectivity index (χ0v) is 22.3. The lowest BCUT2D eigenvalue weighted by Gasteiger charge is -2.08. The Balaban J connectivity index is 1.16. The molecule has 40 heavy (non-hydrogen) atoms. The molecule has 0 atom stereocenters. The van der Waals surface area contributed by atoms with Crippen LogP contribution in [-0.4, -0.2) is 29.9 Å². The summed E-state index contributed by atoms with van der Waals surface area (Å²) >= 11 is 0. The average Bonchev–Trinajstić information content (AvgIpc) is 3.62. The molecule has 2 aromatic carbocycles. The first-order valence-corrected chi connectivity index (χ1v) is 13.7. The summed E-state index contributed by atoms with van der Waals surface area (Å²) in [5.74, 6) is 1.19. The number of aryl methyl sites for hydroxylation is 1. The zero-order chi connectivity index (χ0) is 27.1. The lowest BCUT2D eigenvalue weighted by Crippen LogP contribution is -2.08. The number of carbonyl (C=O) groups excluding carboxylic acids is 1. The van der Waals surface area contributed by atoms with Crippen molar-refractivity contribution < 1.29 is 9.53 Å². The predicted molar refractivity (Wildman–Crippen MR) is 154 cm³/mol. The molecule has 0 unspecified atom stereocenters. The molecule has 0 bridgehead atoms. The average molecular weight is 528 g/mol. The SMILES string of the molecule is Cc1cccc(Cn2nc(C3CC3)c3c(CC(=O)c4cnc5cc(OCc6ccccc6)ccn45)cccc32)n1. The highest BCUT2D eigenvalue weighted by Crippen LogP contribution is 2.43. The fourth-order valence-electron chi connectivity index (χ4n) is 5.35. The summed E-state index contributed by atoms with van der Waals surface area (Å²) < 4.78 is 9.84. The van der Waals surface area contributed by atoms with E-state index in [9.17, 15) is 4.79 Å². The second kappa shape index (κ2) is 10.1. The second-order valence-electron chi connectivity index (χ2n) is 10.5. The molecular weight excluding hydrogens is 498 g/mol. The molecule has 0 saturated heterocycles. The maximum absolute atomic E-state index is 13.6. The number of pyridine rings is 2. The highest BCUT2D eigenvalue weighted by Gasteiger charge is 2.30. The molecule has 7 rings (SSSR count). The Bertz CT molecular complexity index is 1850. The Morgan fingerprint density at radius 1 is 1.00 bits per heavy atom. The van der Waals surface area contributed by atoms with Gasteiger partial charge in [0.05, 0.1) is 29.6 Å². The molecule has 0 spiro atoms. The van der Waals surface area contributed by atoms with Crippen LogP contribution in [-0.2, 0) is 19.6 Å². The van der Waals surface area contributed by atoms with E-state index in [1.807, 2.05) is 88.9 Å². The lowest BCUT2D eigenvalue weighted by molar-refractivity contribution is 0.0987. The van der Waals surface area contributed by atoms with Crippen molar-refractivity contribution in [1.82, 2.24) is 24.1 Å². The van der Waals surface area contributed by atoms with Crippen LogP contribution in [0.15, 0.2) is 91.3 Å². The minimum absolute atomic E-state index is 0.0211. The van der Waals surface area contributed by atoms with Gasteiger partial charge in [-0.25, -0.2) is 4.98 Å². The number of carbonyl (C=O) groups is 1. The first kappa shape index (κ1) is 24.3. The Morgan fingerprint density at radius 2 is 1.85 bits per heavy atom. The van der Waals surface area contributed by atoms with Crippen LogP contribution in [0.4, 0.5) is 0 Å². The zero-order valence-electron chi connectivity index (χ0n) is 22.3. The Morgan fingerprint density at radius 3 is 2.67 bits per heavy atom. The number of ketones is 1. The summed E-state index contributed by atoms with van der Waals surface area (Å²) in [6, 6.07) is 26.0. The third-order valence-corrected chi connectivity index (χ3v) is 7.48. The number of aromatic nitrogens is 5. The third kappa shape index (κ3) is 4.75. The summed E-state index contributed by atoms with van der Waals surface area (Å²) in [7, 11) is 0. The van der Waals surface area contributed by atoms with Crippen LogP contribution in [0.5, 0.6) is 5.75 Å². The largest absolute Gasteiger partial charge is 0.489 e. The summed E-state index contributed by atoms with van der Waals surface area (Å²) in [6.45, 7) is 3.08. The summed E-state index contributed by atoms with van der Waals surface area (Å²) in [5.41, 5.74) is 7.47. The molecule has 4 heterocycles. The number of hydrogen-bond acceptors (Lipinski definition) is 5. The van der Waals surface area contributed by atoms with Crippen molar-refractivity contribution in [2.45, 2.75) is 45.3 Å². The van der Waals surface area contributed by atoms with E-state index in [0.717, 1.165) is 57.7 Å². The number of fused-ring (bicyclic) bond motifs is 2. The van der Waals surface area contributed by atoms with Gasteiger partial charge in [0.15, 0.2) is 5.78 Å². The maximum Gasteiger partial charge on any atom is 0.185 e. The van der Waals surface area contributed by atoms with Crippen LogP contribution >= 0.6 is 0 Å². The van der Waals surface area contributed by atoms with E-state index in [2.05, 4.69) is 22.1 Å². The van der Waals surface area contributed by atoms with Gasteiger partial charge in [0.2, 0.25) is 0 Å². The van der Waals surface area contributed by atoms with Gasteiger partial charge in [-0.05, 0) is 55.2 Å². The van der Waals surface area contributed by atoms with Gasteiger partial charge in [-0.15, -0.1) is 0 Å².